The van der Waals surface area contributed by atoms with Gasteiger partial charge in [0, 0.05) is 19.5 Å². The molecule has 0 aliphatic carbocycles. The number of nitrogens with zero attached hydrogens (tertiary/aromatic N) is 1. The lowest BCUT2D eigenvalue weighted by Gasteiger charge is -2.22. The molecule has 4 nitrogen and oxygen atoms in total. The van der Waals surface area contributed by atoms with Crippen molar-refractivity contribution in [3.05, 3.63) is 35.4 Å². The Hall–Kier alpha value is -1.39. The highest BCUT2D eigenvalue weighted by molar-refractivity contribution is 5.75. The van der Waals surface area contributed by atoms with Crippen LogP contribution in [0, 0.1) is 5.92 Å². The molecule has 2 heterocycles. The fraction of sp³-hybridized carbons (Fsp3) is 0.682. The highest BCUT2D eigenvalue weighted by Gasteiger charge is 2.14. The first-order valence-corrected chi connectivity index (χ1v) is 10.6. The van der Waals surface area contributed by atoms with E-state index in [0.717, 1.165) is 32.0 Å². The van der Waals surface area contributed by atoms with Crippen LogP contribution in [0.5, 0.6) is 0 Å². The van der Waals surface area contributed by atoms with E-state index >= 15 is 0 Å². The molecule has 4 heteroatoms. The molecule has 2 N–H and O–H groups in total. The van der Waals surface area contributed by atoms with Crippen LogP contribution in [-0.2, 0) is 17.9 Å². The van der Waals surface area contributed by atoms with Gasteiger partial charge in [-0.1, -0.05) is 37.1 Å². The van der Waals surface area contributed by atoms with Gasteiger partial charge < -0.3 is 10.6 Å². The van der Waals surface area contributed by atoms with Crippen LogP contribution in [0.2, 0.25) is 0 Å². The molecule has 26 heavy (non-hydrogen) atoms. The molecular weight excluding hydrogens is 322 g/mol. The van der Waals surface area contributed by atoms with Crippen LogP contribution in [0.15, 0.2) is 24.3 Å². The van der Waals surface area contributed by atoms with E-state index in [0.29, 0.717) is 13.0 Å². The summed E-state index contributed by atoms with van der Waals surface area (Å²) in [5, 5.41) is 6.46. The van der Waals surface area contributed by atoms with E-state index in [1.807, 2.05) is 0 Å². The fourth-order valence-electron chi connectivity index (χ4n) is 4.11. The Kier molecular flexibility index (Phi) is 7.96. The maximum atomic E-state index is 12.1. The van der Waals surface area contributed by atoms with Crippen LogP contribution in [0.4, 0.5) is 0 Å². The molecule has 1 aromatic rings. The van der Waals surface area contributed by atoms with E-state index in [1.54, 1.807) is 0 Å². The average Bonchev–Trinajstić information content (AvgIpc) is 2.95. The largest absolute Gasteiger partial charge is 0.352 e. The molecule has 2 aliphatic rings. The number of carbonyl (C=O) groups is 1. The van der Waals surface area contributed by atoms with Crippen molar-refractivity contribution in [3.8, 4) is 0 Å². The monoisotopic (exact) mass is 357 g/mol. The summed E-state index contributed by atoms with van der Waals surface area (Å²) in [7, 11) is 0. The Labute approximate surface area is 158 Å². The maximum absolute atomic E-state index is 12.1. The molecule has 2 aliphatic heterocycles. The van der Waals surface area contributed by atoms with Crippen molar-refractivity contribution in [1.29, 1.82) is 0 Å². The van der Waals surface area contributed by atoms with Crippen molar-refractivity contribution in [2.75, 3.05) is 26.2 Å². The second kappa shape index (κ2) is 10.7. The molecule has 0 aromatic heterocycles. The standard InChI is InChI=1S/C22H35N3O/c26-22(10-9-19-11-13-23-14-12-19)24-17-20-5-7-21(8-6-20)18-25-15-3-1-2-4-16-25/h5-8,19,23H,1-4,9-18H2,(H,24,26). The van der Waals surface area contributed by atoms with Crippen LogP contribution in [0.1, 0.15) is 62.5 Å². The Balaban J connectivity index is 1.36. The number of piperidine rings is 1. The van der Waals surface area contributed by atoms with Crippen LogP contribution in [-0.4, -0.2) is 37.0 Å². The summed E-state index contributed by atoms with van der Waals surface area (Å²) in [5.41, 5.74) is 2.58. The number of hydrogen-bond donors (Lipinski definition) is 2. The molecule has 0 radical (unpaired) electrons. The zero-order valence-corrected chi connectivity index (χ0v) is 16.1. The van der Waals surface area contributed by atoms with E-state index < -0.39 is 0 Å². The van der Waals surface area contributed by atoms with Crippen molar-refractivity contribution < 1.29 is 4.79 Å². The van der Waals surface area contributed by atoms with Crippen LogP contribution in [0.3, 0.4) is 0 Å². The number of likely N-dealkylation sites (tertiary alicyclic amines) is 1. The second-order valence-corrected chi connectivity index (χ2v) is 8.02. The first-order chi connectivity index (χ1) is 12.8. The van der Waals surface area contributed by atoms with E-state index in [4.69, 9.17) is 0 Å². The lowest BCUT2D eigenvalue weighted by atomic mass is 9.93. The predicted octanol–water partition coefficient (Wildman–Crippen LogP) is 3.46. The predicted molar refractivity (Wildman–Crippen MR) is 107 cm³/mol. The third-order valence-corrected chi connectivity index (χ3v) is 5.86. The summed E-state index contributed by atoms with van der Waals surface area (Å²) >= 11 is 0. The van der Waals surface area contributed by atoms with E-state index in [2.05, 4.69) is 39.8 Å². The summed E-state index contributed by atoms with van der Waals surface area (Å²) in [4.78, 5) is 14.7. The van der Waals surface area contributed by atoms with Gasteiger partial charge in [-0.2, -0.15) is 0 Å². The number of rotatable bonds is 7. The van der Waals surface area contributed by atoms with Gasteiger partial charge in [0.25, 0.3) is 0 Å². The Bertz CT molecular complexity index is 529. The number of carbonyl (C=O) groups excluding carboxylic acids is 1. The molecule has 1 aromatic carbocycles. The molecule has 0 bridgehead atoms. The summed E-state index contributed by atoms with van der Waals surface area (Å²) in [6.45, 7) is 6.38. The lowest BCUT2D eigenvalue weighted by molar-refractivity contribution is -0.121. The Morgan fingerprint density at radius 1 is 1.00 bits per heavy atom. The maximum Gasteiger partial charge on any atom is 0.220 e. The van der Waals surface area contributed by atoms with Gasteiger partial charge in [0.1, 0.15) is 0 Å². The van der Waals surface area contributed by atoms with Gasteiger partial charge in [0.15, 0.2) is 0 Å². The molecule has 0 saturated carbocycles. The number of amides is 1. The van der Waals surface area contributed by atoms with Crippen LogP contribution >= 0.6 is 0 Å². The molecular formula is C22H35N3O. The van der Waals surface area contributed by atoms with E-state index in [9.17, 15) is 4.79 Å². The van der Waals surface area contributed by atoms with E-state index in [-0.39, 0.29) is 5.91 Å². The van der Waals surface area contributed by atoms with Crippen molar-refractivity contribution in [3.63, 3.8) is 0 Å². The van der Waals surface area contributed by atoms with Gasteiger partial charge in [-0.05, 0) is 75.3 Å². The Morgan fingerprint density at radius 2 is 1.65 bits per heavy atom. The lowest BCUT2D eigenvalue weighted by Crippen LogP contribution is -2.29. The van der Waals surface area contributed by atoms with Gasteiger partial charge in [-0.3, -0.25) is 9.69 Å². The van der Waals surface area contributed by atoms with E-state index in [1.165, 1.54) is 62.7 Å². The molecule has 144 valence electrons. The molecule has 1 amide bonds. The first kappa shape index (κ1) is 19.4. The third-order valence-electron chi connectivity index (χ3n) is 5.86. The summed E-state index contributed by atoms with van der Waals surface area (Å²) in [5.74, 6) is 0.914. The average molecular weight is 358 g/mol. The SMILES string of the molecule is O=C(CCC1CCNCC1)NCc1ccc(CN2CCCCCC2)cc1. The van der Waals surface area contributed by atoms with Crippen LogP contribution in [0.25, 0.3) is 0 Å². The number of benzene rings is 1. The van der Waals surface area contributed by atoms with Gasteiger partial charge in [-0.25, -0.2) is 0 Å². The zero-order chi connectivity index (χ0) is 18.0. The summed E-state index contributed by atoms with van der Waals surface area (Å²) in [6.07, 6.45) is 9.56. The van der Waals surface area contributed by atoms with Crippen molar-refractivity contribution in [1.82, 2.24) is 15.5 Å². The molecule has 0 atom stereocenters. The third kappa shape index (κ3) is 6.73. The minimum atomic E-state index is 0.192. The zero-order valence-electron chi connectivity index (χ0n) is 16.1. The van der Waals surface area contributed by atoms with Crippen molar-refractivity contribution >= 4 is 5.91 Å². The quantitative estimate of drug-likeness (QED) is 0.785. The second-order valence-electron chi connectivity index (χ2n) is 8.02. The molecule has 0 unspecified atom stereocenters. The molecule has 3 rings (SSSR count). The van der Waals surface area contributed by atoms with Gasteiger partial charge in [-0.15, -0.1) is 0 Å². The normalized spacial score (nSPS) is 19.8. The van der Waals surface area contributed by atoms with Crippen LogP contribution < -0.4 is 10.6 Å². The smallest absolute Gasteiger partial charge is 0.220 e. The molecule has 2 saturated heterocycles. The van der Waals surface area contributed by atoms with Crippen molar-refractivity contribution in [2.45, 2.75) is 64.5 Å². The number of nitrogens with one attached hydrogen (secondary N) is 2. The van der Waals surface area contributed by atoms with Gasteiger partial charge in [0.05, 0.1) is 0 Å². The molecule has 0 spiro atoms. The minimum absolute atomic E-state index is 0.192. The topological polar surface area (TPSA) is 44.4 Å². The Morgan fingerprint density at radius 3 is 2.35 bits per heavy atom. The fourth-order valence-corrected chi connectivity index (χ4v) is 4.11. The summed E-state index contributed by atoms with van der Waals surface area (Å²) in [6, 6.07) is 8.78. The highest BCUT2D eigenvalue weighted by Crippen LogP contribution is 2.17. The van der Waals surface area contributed by atoms with Gasteiger partial charge >= 0.3 is 0 Å². The first-order valence-electron chi connectivity index (χ1n) is 10.6. The molecule has 2 fully saturated rings. The minimum Gasteiger partial charge on any atom is -0.352 e. The summed E-state index contributed by atoms with van der Waals surface area (Å²) < 4.78 is 0. The van der Waals surface area contributed by atoms with Gasteiger partial charge in [0.2, 0.25) is 5.91 Å². The highest BCUT2D eigenvalue weighted by atomic mass is 16.1. The van der Waals surface area contributed by atoms with Crippen molar-refractivity contribution in [2.24, 2.45) is 5.92 Å². The number of hydrogen-bond acceptors (Lipinski definition) is 3.